The van der Waals surface area contributed by atoms with E-state index in [4.69, 9.17) is 28.4 Å². The van der Waals surface area contributed by atoms with E-state index in [1.54, 1.807) is 6.08 Å². The second-order valence-electron chi connectivity index (χ2n) is 25.3. The van der Waals surface area contributed by atoms with Crippen molar-refractivity contribution in [1.29, 1.82) is 0 Å². The summed E-state index contributed by atoms with van der Waals surface area (Å²) in [6.07, 6.45) is 50.8. The summed E-state index contributed by atoms with van der Waals surface area (Å²) in [6.45, 7) is 1.49. The minimum absolute atomic E-state index is 0.226. The van der Waals surface area contributed by atoms with Crippen LogP contribution in [0.5, 0.6) is 0 Å². The highest BCUT2D eigenvalue weighted by molar-refractivity contribution is 5.76. The summed E-state index contributed by atoms with van der Waals surface area (Å²) in [5.41, 5.74) is 0. The maximum absolute atomic E-state index is 13.4. The molecule has 19 heteroatoms. The number of aliphatic hydroxyl groups is 11. The molecular weight excluding hydrogens is 1210 g/mol. The monoisotopic (exact) mass is 1340 g/mol. The molecule has 0 bridgehead atoms. The normalized spacial score (nSPS) is 27.9. The summed E-state index contributed by atoms with van der Waals surface area (Å²) in [6, 6.07) is -1.00. The zero-order valence-electron chi connectivity index (χ0n) is 57.6. The summed E-state index contributed by atoms with van der Waals surface area (Å²) >= 11 is 0. The summed E-state index contributed by atoms with van der Waals surface area (Å²) in [5, 5.41) is 120. The SMILES string of the molecule is CC/C=C\C/C=C\C/C=C\C/C=C\C/C=C\C/C=C\C/C=C\CCCCCCCCCCCCCCCCCCCC(=O)NC(COC1OC(CO)C(OC2OC(CO)C(OC3OC(CO)C(O)C(O)C3O)C(O)C2O)C(O)C1O)C(O)/C=C/CC/C=C/CC/C=C/CCC. The Balaban J connectivity index is 1.30. The smallest absolute Gasteiger partial charge is 0.220 e. The van der Waals surface area contributed by atoms with Gasteiger partial charge in [0, 0.05) is 6.42 Å². The fraction of sp³-hybridized carbons (Fsp3) is 0.724. The van der Waals surface area contributed by atoms with E-state index in [-0.39, 0.29) is 18.9 Å². The number of carbonyl (C=O) groups is 1. The summed E-state index contributed by atoms with van der Waals surface area (Å²) in [7, 11) is 0. The average molecular weight is 1340 g/mol. The molecule has 3 fully saturated rings. The Kier molecular flexibility index (Phi) is 50.3. The van der Waals surface area contributed by atoms with Gasteiger partial charge in [-0.05, 0) is 96.3 Å². The highest BCUT2D eigenvalue weighted by Crippen LogP contribution is 2.33. The molecule has 3 saturated heterocycles. The van der Waals surface area contributed by atoms with Crippen molar-refractivity contribution < 1.29 is 89.4 Å². The lowest BCUT2D eigenvalue weighted by atomic mass is 9.96. The van der Waals surface area contributed by atoms with E-state index >= 15 is 0 Å². The highest BCUT2D eigenvalue weighted by Gasteiger charge is 2.53. The Labute approximate surface area is 569 Å². The number of nitrogens with one attached hydrogen (secondary N) is 1. The number of hydrogen-bond donors (Lipinski definition) is 12. The quantitative estimate of drug-likeness (QED) is 0.0199. The Morgan fingerprint density at radius 3 is 1.17 bits per heavy atom. The molecule has 0 aliphatic carbocycles. The molecule has 17 unspecified atom stereocenters. The lowest BCUT2D eigenvalue weighted by Gasteiger charge is -2.48. The standard InChI is InChI=1S/C76H127NO18/c1-3-5-7-9-11-13-15-16-17-18-19-20-21-22-23-24-25-26-27-28-29-30-31-32-33-34-35-36-37-38-39-40-41-42-44-46-48-50-52-54-64(82)77-59(60(81)53-51-49-47-45-43-14-12-10-8-6-4-2)58-90-74-70(88)67(85)72(62(56-79)92-74)95-76-71(89)68(86)73(63(57-80)93-76)94-75-69(87)66(84)65(83)61(55-78)91-75/h5,7-8,10-11,13,16-17,19-20,22-23,25-26,28-29,43,45,51,53,59-63,65-76,78-81,83-89H,3-4,6,9,12,14-15,18,21,24,27,30-42,44,46-50,52,54-58H2,1-2H3,(H,77,82)/b7-5-,10-8+,13-11-,17-16-,20-19-,23-22-,26-25-,29-28-,45-43+,53-51+. The van der Waals surface area contributed by atoms with Gasteiger partial charge in [-0.15, -0.1) is 0 Å². The van der Waals surface area contributed by atoms with Crippen LogP contribution in [0.2, 0.25) is 0 Å². The van der Waals surface area contributed by atoms with Crippen LogP contribution in [-0.4, -0.2) is 193 Å². The van der Waals surface area contributed by atoms with Gasteiger partial charge < -0.3 is 89.9 Å². The van der Waals surface area contributed by atoms with Crippen molar-refractivity contribution in [2.45, 2.75) is 324 Å². The van der Waals surface area contributed by atoms with Crippen molar-refractivity contribution >= 4 is 5.91 Å². The van der Waals surface area contributed by atoms with Crippen LogP contribution in [0.1, 0.15) is 219 Å². The van der Waals surface area contributed by atoms with Gasteiger partial charge in [0.2, 0.25) is 5.91 Å². The number of allylic oxidation sites excluding steroid dienone is 19. The molecule has 19 nitrogen and oxygen atoms in total. The lowest BCUT2D eigenvalue weighted by Crippen LogP contribution is -2.66. The van der Waals surface area contributed by atoms with E-state index < -0.39 is 124 Å². The van der Waals surface area contributed by atoms with Crippen molar-refractivity contribution in [3.05, 3.63) is 122 Å². The topological polar surface area (TPSA) is 307 Å². The minimum Gasteiger partial charge on any atom is -0.394 e. The van der Waals surface area contributed by atoms with E-state index in [1.165, 1.54) is 89.9 Å². The van der Waals surface area contributed by atoms with Gasteiger partial charge in [0.15, 0.2) is 18.9 Å². The van der Waals surface area contributed by atoms with Crippen LogP contribution in [-0.2, 0) is 33.2 Å². The van der Waals surface area contributed by atoms with Gasteiger partial charge >= 0.3 is 0 Å². The Bertz CT molecular complexity index is 2190. The number of ether oxygens (including phenoxy) is 6. The summed E-state index contributed by atoms with van der Waals surface area (Å²) in [5.74, 6) is -0.295. The van der Waals surface area contributed by atoms with Crippen LogP contribution in [0, 0.1) is 0 Å². The molecule has 12 N–H and O–H groups in total. The molecule has 95 heavy (non-hydrogen) atoms. The third-order valence-electron chi connectivity index (χ3n) is 17.2. The van der Waals surface area contributed by atoms with Crippen molar-refractivity contribution in [2.75, 3.05) is 26.4 Å². The van der Waals surface area contributed by atoms with Crippen LogP contribution < -0.4 is 5.32 Å². The van der Waals surface area contributed by atoms with Crippen molar-refractivity contribution in [3.8, 4) is 0 Å². The second-order valence-corrected chi connectivity index (χ2v) is 25.3. The Hall–Kier alpha value is -3.81. The molecule has 3 rings (SSSR count). The van der Waals surface area contributed by atoms with Gasteiger partial charge in [0.25, 0.3) is 0 Å². The zero-order valence-corrected chi connectivity index (χ0v) is 57.6. The first-order valence-corrected chi connectivity index (χ1v) is 36.3. The average Bonchev–Trinajstić information content (AvgIpc) is 0.787. The van der Waals surface area contributed by atoms with Crippen molar-refractivity contribution in [2.24, 2.45) is 0 Å². The van der Waals surface area contributed by atoms with Crippen molar-refractivity contribution in [3.63, 3.8) is 0 Å². The van der Waals surface area contributed by atoms with Gasteiger partial charge in [0.05, 0.1) is 38.6 Å². The second kappa shape index (κ2) is 56.0. The number of hydrogen-bond acceptors (Lipinski definition) is 18. The summed E-state index contributed by atoms with van der Waals surface area (Å²) < 4.78 is 34.3. The number of carbonyl (C=O) groups excluding carboxylic acids is 1. The summed E-state index contributed by atoms with van der Waals surface area (Å²) in [4.78, 5) is 13.4. The maximum Gasteiger partial charge on any atom is 0.220 e. The van der Waals surface area contributed by atoms with E-state index in [0.29, 0.717) is 12.8 Å². The molecule has 17 atom stereocenters. The maximum atomic E-state index is 13.4. The van der Waals surface area contributed by atoms with Gasteiger partial charge in [-0.25, -0.2) is 0 Å². The van der Waals surface area contributed by atoms with Crippen LogP contribution in [0.15, 0.2) is 122 Å². The largest absolute Gasteiger partial charge is 0.394 e. The Morgan fingerprint density at radius 1 is 0.389 bits per heavy atom. The number of rotatable bonds is 54. The number of amides is 1. The molecule has 3 aliphatic heterocycles. The third-order valence-corrected chi connectivity index (χ3v) is 17.2. The highest BCUT2D eigenvalue weighted by atomic mass is 16.8. The van der Waals surface area contributed by atoms with Gasteiger partial charge in [-0.2, -0.15) is 0 Å². The fourth-order valence-electron chi connectivity index (χ4n) is 11.4. The molecule has 0 aromatic heterocycles. The van der Waals surface area contributed by atoms with Crippen LogP contribution >= 0.6 is 0 Å². The van der Waals surface area contributed by atoms with Gasteiger partial charge in [0.1, 0.15) is 73.2 Å². The van der Waals surface area contributed by atoms with Crippen LogP contribution in [0.25, 0.3) is 0 Å². The first-order valence-electron chi connectivity index (χ1n) is 36.3. The molecule has 544 valence electrons. The first kappa shape index (κ1) is 85.4. The molecule has 0 spiro atoms. The predicted molar refractivity (Wildman–Crippen MR) is 373 cm³/mol. The molecule has 0 aromatic rings. The third kappa shape index (κ3) is 37.3. The molecular formula is C76H127NO18. The molecule has 1 amide bonds. The minimum atomic E-state index is -1.99. The molecule has 3 heterocycles. The van der Waals surface area contributed by atoms with Crippen LogP contribution in [0.3, 0.4) is 0 Å². The lowest BCUT2D eigenvalue weighted by molar-refractivity contribution is -0.379. The molecule has 3 aliphatic rings. The van der Waals surface area contributed by atoms with Gasteiger partial charge in [-0.1, -0.05) is 238 Å². The fourth-order valence-corrected chi connectivity index (χ4v) is 11.4. The van der Waals surface area contributed by atoms with Gasteiger partial charge in [-0.3, -0.25) is 4.79 Å². The van der Waals surface area contributed by atoms with E-state index in [0.717, 1.165) is 96.3 Å². The van der Waals surface area contributed by atoms with Crippen molar-refractivity contribution in [1.82, 2.24) is 5.32 Å². The number of unbranched alkanes of at least 4 members (excludes halogenated alkanes) is 20. The van der Waals surface area contributed by atoms with E-state index in [1.807, 2.05) is 6.08 Å². The van der Waals surface area contributed by atoms with Crippen LogP contribution in [0.4, 0.5) is 0 Å². The molecule has 0 saturated carbocycles. The molecule has 0 radical (unpaired) electrons. The van der Waals surface area contributed by atoms with E-state index in [9.17, 15) is 61.0 Å². The Morgan fingerprint density at radius 2 is 0.737 bits per heavy atom. The zero-order chi connectivity index (χ0) is 68.9. The predicted octanol–water partition coefficient (Wildman–Crippen LogP) is 10.4. The number of aliphatic hydroxyl groups excluding tert-OH is 11. The molecule has 0 aromatic carbocycles. The van der Waals surface area contributed by atoms with E-state index in [2.05, 4.69) is 129 Å². The first-order chi connectivity index (χ1) is 46.3.